The molecule has 0 unspecified atom stereocenters. The zero-order chi connectivity index (χ0) is 14.4. The molecule has 0 aromatic carbocycles. The highest BCUT2D eigenvalue weighted by Crippen LogP contribution is 2.30. The molecule has 0 spiro atoms. The van der Waals surface area contributed by atoms with E-state index in [0.29, 0.717) is 0 Å². The first-order chi connectivity index (χ1) is 9.08. The van der Waals surface area contributed by atoms with Gasteiger partial charge in [-0.15, -0.1) is 0 Å². The molecule has 1 heterocycles. The van der Waals surface area contributed by atoms with Gasteiger partial charge >= 0.3 is 5.88 Å². The number of nitrogens with zero attached hydrogens (tertiary/aromatic N) is 5. The Kier molecular flexibility index (Phi) is 3.99. The molecule has 0 radical (unpaired) electrons. The van der Waals surface area contributed by atoms with Crippen molar-refractivity contribution < 1.29 is 9.34 Å². The third-order valence-corrected chi connectivity index (χ3v) is 2.08. The first-order valence-corrected chi connectivity index (χ1v) is 4.67. The number of nitro groups is 1. The standard InChI is InChI=1S/C11H3N5O3/c12-3-7(4-13)11(8(5-14)6-15)9-1-2-10(19-9)16(17)18/h1-2,7H. The lowest BCUT2D eigenvalue weighted by molar-refractivity contribution is -0.402. The molecule has 1 aromatic rings. The largest absolute Gasteiger partial charge is 0.433 e. The second-order valence-corrected chi connectivity index (χ2v) is 3.10. The van der Waals surface area contributed by atoms with Crippen LogP contribution in [0.3, 0.4) is 0 Å². The van der Waals surface area contributed by atoms with Crippen LogP contribution in [0, 0.1) is 61.4 Å². The van der Waals surface area contributed by atoms with Gasteiger partial charge in [0.25, 0.3) is 0 Å². The molecule has 90 valence electrons. The lowest BCUT2D eigenvalue weighted by Gasteiger charge is -2.02. The molecule has 0 N–H and O–H groups in total. The fourth-order valence-corrected chi connectivity index (χ4v) is 1.28. The molecular weight excluding hydrogens is 250 g/mol. The third kappa shape index (κ3) is 2.55. The number of hydrogen-bond acceptors (Lipinski definition) is 7. The van der Waals surface area contributed by atoms with Gasteiger partial charge in [-0.2, -0.15) is 21.0 Å². The van der Waals surface area contributed by atoms with Gasteiger partial charge in [-0.3, -0.25) is 10.1 Å². The Bertz CT molecular complexity index is 687. The summed E-state index contributed by atoms with van der Waals surface area (Å²) in [5.74, 6) is -2.27. The monoisotopic (exact) mass is 253 g/mol. The van der Waals surface area contributed by atoms with Crippen LogP contribution < -0.4 is 0 Å². The fraction of sp³-hybridized carbons (Fsp3) is 0.0909. The van der Waals surface area contributed by atoms with Gasteiger partial charge in [0, 0.05) is 0 Å². The van der Waals surface area contributed by atoms with Crippen LogP contribution in [-0.2, 0) is 0 Å². The van der Waals surface area contributed by atoms with E-state index in [2.05, 4.69) is 0 Å². The van der Waals surface area contributed by atoms with E-state index in [0.717, 1.165) is 12.1 Å². The SMILES string of the molecule is N#CC(C#N)=C(c1ccc([N+](=O)[O-])o1)C(C#N)C#N. The summed E-state index contributed by atoms with van der Waals surface area (Å²) in [6.45, 7) is 0. The quantitative estimate of drug-likeness (QED) is 0.450. The molecule has 0 saturated carbocycles. The topological polar surface area (TPSA) is 151 Å². The van der Waals surface area contributed by atoms with Gasteiger partial charge in [-0.05, 0) is 6.07 Å². The molecule has 0 fully saturated rings. The van der Waals surface area contributed by atoms with Crippen molar-refractivity contribution in [3.63, 3.8) is 0 Å². The van der Waals surface area contributed by atoms with Crippen molar-refractivity contribution in [2.24, 2.45) is 5.92 Å². The highest BCUT2D eigenvalue weighted by atomic mass is 16.6. The van der Waals surface area contributed by atoms with Crippen molar-refractivity contribution in [3.8, 4) is 24.3 Å². The van der Waals surface area contributed by atoms with Crippen molar-refractivity contribution in [1.82, 2.24) is 0 Å². The first kappa shape index (κ1) is 13.4. The molecule has 0 aliphatic rings. The number of furan rings is 1. The van der Waals surface area contributed by atoms with Crippen LogP contribution in [0.25, 0.3) is 5.57 Å². The van der Waals surface area contributed by atoms with Gasteiger partial charge in [-0.25, -0.2) is 0 Å². The van der Waals surface area contributed by atoms with Crippen molar-refractivity contribution in [2.45, 2.75) is 0 Å². The number of nitriles is 4. The predicted molar refractivity (Wildman–Crippen MR) is 58.2 cm³/mol. The van der Waals surface area contributed by atoms with E-state index < -0.39 is 22.3 Å². The van der Waals surface area contributed by atoms with Gasteiger partial charge in [0.05, 0.1) is 23.8 Å². The Hall–Kier alpha value is -3.62. The summed E-state index contributed by atoms with van der Waals surface area (Å²) in [7, 11) is 0. The second kappa shape index (κ2) is 5.63. The molecule has 0 saturated heterocycles. The second-order valence-electron chi connectivity index (χ2n) is 3.10. The van der Waals surface area contributed by atoms with Crippen molar-refractivity contribution in [2.75, 3.05) is 0 Å². The maximum Gasteiger partial charge on any atom is 0.433 e. The predicted octanol–water partition coefficient (Wildman–Crippen LogP) is 1.65. The highest BCUT2D eigenvalue weighted by molar-refractivity contribution is 5.77. The summed E-state index contributed by atoms with van der Waals surface area (Å²) in [6.07, 6.45) is 0. The molecular formula is C11H3N5O3. The minimum absolute atomic E-state index is 0.224. The third-order valence-electron chi connectivity index (χ3n) is 2.08. The van der Waals surface area contributed by atoms with E-state index in [1.54, 1.807) is 12.1 Å². The zero-order valence-corrected chi connectivity index (χ0v) is 9.19. The summed E-state index contributed by atoms with van der Waals surface area (Å²) in [5.41, 5.74) is -0.777. The van der Waals surface area contributed by atoms with Crippen LogP contribution in [0.4, 0.5) is 5.88 Å². The summed E-state index contributed by atoms with van der Waals surface area (Å²) in [5, 5.41) is 45.7. The minimum Gasteiger partial charge on any atom is -0.401 e. The summed E-state index contributed by atoms with van der Waals surface area (Å²) in [4.78, 5) is 9.68. The van der Waals surface area contributed by atoms with Crippen LogP contribution in [0.1, 0.15) is 5.76 Å². The molecule has 0 bridgehead atoms. The molecule has 1 rings (SSSR count). The Balaban J connectivity index is 3.52. The lowest BCUT2D eigenvalue weighted by Crippen LogP contribution is -2.00. The first-order valence-electron chi connectivity index (χ1n) is 4.67. The fourth-order valence-electron chi connectivity index (χ4n) is 1.28. The van der Waals surface area contributed by atoms with Crippen molar-refractivity contribution >= 4 is 11.5 Å². The maximum atomic E-state index is 10.5. The lowest BCUT2D eigenvalue weighted by atomic mass is 9.95. The summed E-state index contributed by atoms with van der Waals surface area (Å²) in [6, 6.07) is 8.36. The molecule has 0 atom stereocenters. The molecule has 8 heteroatoms. The average molecular weight is 253 g/mol. The Morgan fingerprint density at radius 3 is 2.16 bits per heavy atom. The van der Waals surface area contributed by atoms with E-state index in [-0.39, 0.29) is 11.3 Å². The van der Waals surface area contributed by atoms with Gasteiger partial charge < -0.3 is 4.42 Å². The van der Waals surface area contributed by atoms with E-state index in [1.165, 1.54) is 12.1 Å². The Morgan fingerprint density at radius 2 is 1.79 bits per heavy atom. The van der Waals surface area contributed by atoms with Gasteiger partial charge in [-0.1, -0.05) is 0 Å². The van der Waals surface area contributed by atoms with Crippen LogP contribution in [0.15, 0.2) is 22.1 Å². The number of allylic oxidation sites excluding steroid dienone is 2. The molecule has 0 aliphatic heterocycles. The van der Waals surface area contributed by atoms with Crippen molar-refractivity contribution in [3.05, 3.63) is 33.6 Å². The van der Waals surface area contributed by atoms with E-state index in [4.69, 9.17) is 25.5 Å². The van der Waals surface area contributed by atoms with E-state index >= 15 is 0 Å². The number of hydrogen-bond donors (Lipinski definition) is 0. The van der Waals surface area contributed by atoms with Crippen LogP contribution in [0.2, 0.25) is 0 Å². The minimum atomic E-state index is -1.43. The smallest absolute Gasteiger partial charge is 0.401 e. The van der Waals surface area contributed by atoms with Crippen LogP contribution in [0.5, 0.6) is 0 Å². The average Bonchev–Trinajstić information content (AvgIpc) is 2.88. The normalized spacial score (nSPS) is 8.68. The Morgan fingerprint density at radius 1 is 1.21 bits per heavy atom. The zero-order valence-electron chi connectivity index (χ0n) is 9.19. The summed E-state index contributed by atoms with van der Waals surface area (Å²) >= 11 is 0. The van der Waals surface area contributed by atoms with Crippen molar-refractivity contribution in [1.29, 1.82) is 21.0 Å². The van der Waals surface area contributed by atoms with Crippen LogP contribution in [-0.4, -0.2) is 4.92 Å². The Labute approximate surface area is 106 Å². The van der Waals surface area contributed by atoms with Gasteiger partial charge in [0.1, 0.15) is 28.4 Å². The van der Waals surface area contributed by atoms with Gasteiger partial charge in [0.2, 0.25) is 0 Å². The van der Waals surface area contributed by atoms with Gasteiger partial charge in [0.15, 0.2) is 5.92 Å². The maximum absolute atomic E-state index is 10.5. The van der Waals surface area contributed by atoms with E-state index in [9.17, 15) is 10.1 Å². The molecule has 0 amide bonds. The highest BCUT2D eigenvalue weighted by Gasteiger charge is 2.25. The van der Waals surface area contributed by atoms with E-state index in [1.807, 2.05) is 0 Å². The van der Waals surface area contributed by atoms with Crippen LogP contribution >= 0.6 is 0 Å². The molecule has 1 aromatic heterocycles. The number of rotatable bonds is 3. The molecule has 19 heavy (non-hydrogen) atoms. The molecule has 0 aliphatic carbocycles. The molecule has 8 nitrogen and oxygen atoms in total. The summed E-state index contributed by atoms with van der Waals surface area (Å²) < 4.78 is 4.82.